The molecule has 2 N–H and O–H groups in total. The third-order valence-corrected chi connectivity index (χ3v) is 3.80. The van der Waals surface area contributed by atoms with Gasteiger partial charge in [0.15, 0.2) is 0 Å². The normalized spacial score (nSPS) is 20.9. The number of benzene rings is 1. The highest BCUT2D eigenvalue weighted by molar-refractivity contribution is 5.41. The van der Waals surface area contributed by atoms with Crippen molar-refractivity contribution in [3.63, 3.8) is 0 Å². The molecule has 0 saturated carbocycles. The quantitative estimate of drug-likeness (QED) is 0.849. The number of hydrogen-bond acceptors (Lipinski definition) is 4. The van der Waals surface area contributed by atoms with Gasteiger partial charge in [0, 0.05) is 19.0 Å². The van der Waals surface area contributed by atoms with Gasteiger partial charge in [0.25, 0.3) is 0 Å². The van der Waals surface area contributed by atoms with Crippen LogP contribution in [0.15, 0.2) is 18.2 Å². The smallest absolute Gasteiger partial charge is 0.125 e. The lowest BCUT2D eigenvalue weighted by atomic mass is 9.90. The molecule has 1 fully saturated rings. The predicted molar refractivity (Wildman–Crippen MR) is 74.9 cm³/mol. The molecule has 0 radical (unpaired) electrons. The van der Waals surface area contributed by atoms with Gasteiger partial charge in [-0.05, 0) is 36.9 Å². The summed E-state index contributed by atoms with van der Waals surface area (Å²) in [5.41, 5.74) is 1.03. The Hall–Kier alpha value is -1.26. The monoisotopic (exact) mass is 265 g/mol. The van der Waals surface area contributed by atoms with E-state index in [4.69, 9.17) is 9.47 Å². The molecule has 1 aromatic rings. The second-order valence-electron chi connectivity index (χ2n) is 5.06. The maximum absolute atomic E-state index is 10.3. The van der Waals surface area contributed by atoms with E-state index in [1.807, 2.05) is 18.2 Å². The molecule has 0 bridgehead atoms. The van der Waals surface area contributed by atoms with Crippen LogP contribution in [0.2, 0.25) is 0 Å². The largest absolute Gasteiger partial charge is 0.497 e. The molecule has 0 spiro atoms. The SMILES string of the molecule is COc1ccc(CC(O)C2CCCNC2)c(OC)c1. The first-order valence-corrected chi connectivity index (χ1v) is 6.84. The zero-order chi connectivity index (χ0) is 13.7. The Balaban J connectivity index is 2.04. The summed E-state index contributed by atoms with van der Waals surface area (Å²) in [6.07, 6.45) is 2.53. The van der Waals surface area contributed by atoms with Crippen LogP contribution in [0.1, 0.15) is 18.4 Å². The van der Waals surface area contributed by atoms with Crippen molar-refractivity contribution >= 4 is 0 Å². The number of rotatable bonds is 5. The molecule has 1 heterocycles. The van der Waals surface area contributed by atoms with Gasteiger partial charge in [-0.1, -0.05) is 6.07 Å². The highest BCUT2D eigenvalue weighted by Gasteiger charge is 2.22. The van der Waals surface area contributed by atoms with Gasteiger partial charge in [-0.15, -0.1) is 0 Å². The molecule has 1 aromatic carbocycles. The minimum absolute atomic E-state index is 0.324. The Labute approximate surface area is 114 Å². The first kappa shape index (κ1) is 14.2. The molecule has 2 atom stereocenters. The van der Waals surface area contributed by atoms with Crippen molar-refractivity contribution in [2.45, 2.75) is 25.4 Å². The van der Waals surface area contributed by atoms with E-state index >= 15 is 0 Å². The van der Waals surface area contributed by atoms with Crippen LogP contribution >= 0.6 is 0 Å². The molecule has 2 rings (SSSR count). The maximum Gasteiger partial charge on any atom is 0.125 e. The summed E-state index contributed by atoms with van der Waals surface area (Å²) in [5, 5.41) is 13.7. The van der Waals surface area contributed by atoms with Crippen LogP contribution < -0.4 is 14.8 Å². The van der Waals surface area contributed by atoms with E-state index in [9.17, 15) is 5.11 Å². The number of nitrogens with one attached hydrogen (secondary N) is 1. The van der Waals surface area contributed by atoms with Crippen LogP contribution in [0.25, 0.3) is 0 Å². The Morgan fingerprint density at radius 2 is 2.21 bits per heavy atom. The Kier molecular flexibility index (Phi) is 5.05. The van der Waals surface area contributed by atoms with E-state index in [-0.39, 0.29) is 6.10 Å². The number of piperidine rings is 1. The summed E-state index contributed by atoms with van der Waals surface area (Å²) >= 11 is 0. The first-order valence-electron chi connectivity index (χ1n) is 6.84. The fourth-order valence-electron chi connectivity index (χ4n) is 2.62. The van der Waals surface area contributed by atoms with Crippen LogP contribution in [0.3, 0.4) is 0 Å². The molecular formula is C15H23NO3. The fraction of sp³-hybridized carbons (Fsp3) is 0.600. The molecule has 0 aromatic heterocycles. The molecule has 4 nitrogen and oxygen atoms in total. The van der Waals surface area contributed by atoms with E-state index in [0.717, 1.165) is 43.0 Å². The summed E-state index contributed by atoms with van der Waals surface area (Å²) in [7, 11) is 3.28. The zero-order valence-electron chi connectivity index (χ0n) is 11.7. The lowest BCUT2D eigenvalue weighted by Crippen LogP contribution is -2.37. The molecule has 2 unspecified atom stereocenters. The minimum Gasteiger partial charge on any atom is -0.497 e. The molecule has 4 heteroatoms. The van der Waals surface area contributed by atoms with Crippen LogP contribution in [-0.4, -0.2) is 38.5 Å². The first-order chi connectivity index (χ1) is 9.24. The lowest BCUT2D eigenvalue weighted by Gasteiger charge is -2.27. The lowest BCUT2D eigenvalue weighted by molar-refractivity contribution is 0.0916. The van der Waals surface area contributed by atoms with E-state index in [1.165, 1.54) is 0 Å². The molecule has 1 aliphatic heterocycles. The van der Waals surface area contributed by atoms with Crippen molar-refractivity contribution in [1.82, 2.24) is 5.32 Å². The van der Waals surface area contributed by atoms with Crippen molar-refractivity contribution < 1.29 is 14.6 Å². The van der Waals surface area contributed by atoms with Crippen molar-refractivity contribution in [3.05, 3.63) is 23.8 Å². The summed E-state index contributed by atoms with van der Waals surface area (Å²) in [6, 6.07) is 5.74. The van der Waals surface area contributed by atoms with Gasteiger partial charge < -0.3 is 19.9 Å². The molecule has 0 amide bonds. The molecule has 19 heavy (non-hydrogen) atoms. The summed E-state index contributed by atoms with van der Waals surface area (Å²) in [6.45, 7) is 1.97. The van der Waals surface area contributed by atoms with Crippen LogP contribution in [0, 0.1) is 5.92 Å². The number of methoxy groups -OCH3 is 2. The van der Waals surface area contributed by atoms with Gasteiger partial charge in [-0.2, -0.15) is 0 Å². The van der Waals surface area contributed by atoms with Crippen molar-refractivity contribution in [3.8, 4) is 11.5 Å². The minimum atomic E-state index is -0.324. The Morgan fingerprint density at radius 1 is 1.37 bits per heavy atom. The molecule has 106 valence electrons. The van der Waals surface area contributed by atoms with Gasteiger partial charge in [-0.3, -0.25) is 0 Å². The Morgan fingerprint density at radius 3 is 2.84 bits per heavy atom. The molecule has 1 saturated heterocycles. The molecule has 1 aliphatic rings. The van der Waals surface area contributed by atoms with Crippen molar-refractivity contribution in [2.24, 2.45) is 5.92 Å². The topological polar surface area (TPSA) is 50.7 Å². The van der Waals surface area contributed by atoms with Crippen molar-refractivity contribution in [1.29, 1.82) is 0 Å². The van der Waals surface area contributed by atoms with Gasteiger partial charge in [0.1, 0.15) is 11.5 Å². The number of hydrogen-bond donors (Lipinski definition) is 2. The van der Waals surface area contributed by atoms with Gasteiger partial charge in [-0.25, -0.2) is 0 Å². The van der Waals surface area contributed by atoms with E-state index in [1.54, 1.807) is 14.2 Å². The number of ether oxygens (including phenoxy) is 2. The predicted octanol–water partition coefficient (Wildman–Crippen LogP) is 1.61. The summed E-state index contributed by atoms with van der Waals surface area (Å²) in [4.78, 5) is 0. The highest BCUT2D eigenvalue weighted by Crippen LogP contribution is 2.27. The second kappa shape index (κ2) is 6.78. The van der Waals surface area contributed by atoms with E-state index < -0.39 is 0 Å². The van der Waals surface area contributed by atoms with Crippen LogP contribution in [-0.2, 0) is 6.42 Å². The van der Waals surface area contributed by atoms with E-state index in [2.05, 4.69) is 5.32 Å². The molecular weight excluding hydrogens is 242 g/mol. The summed E-state index contributed by atoms with van der Waals surface area (Å²) < 4.78 is 10.5. The number of aliphatic hydroxyl groups is 1. The highest BCUT2D eigenvalue weighted by atomic mass is 16.5. The average Bonchev–Trinajstić information content (AvgIpc) is 2.48. The Bertz CT molecular complexity index is 402. The second-order valence-corrected chi connectivity index (χ2v) is 5.06. The van der Waals surface area contributed by atoms with Gasteiger partial charge >= 0.3 is 0 Å². The van der Waals surface area contributed by atoms with Crippen LogP contribution in [0.5, 0.6) is 11.5 Å². The fourth-order valence-corrected chi connectivity index (χ4v) is 2.62. The summed E-state index contributed by atoms with van der Waals surface area (Å²) in [5.74, 6) is 1.89. The third kappa shape index (κ3) is 3.61. The third-order valence-electron chi connectivity index (χ3n) is 3.80. The van der Waals surface area contributed by atoms with Crippen molar-refractivity contribution in [2.75, 3.05) is 27.3 Å². The molecule has 0 aliphatic carbocycles. The maximum atomic E-state index is 10.3. The number of aliphatic hydroxyl groups excluding tert-OH is 1. The van der Waals surface area contributed by atoms with Crippen LogP contribution in [0.4, 0.5) is 0 Å². The van der Waals surface area contributed by atoms with Gasteiger partial charge in [0.2, 0.25) is 0 Å². The zero-order valence-corrected chi connectivity index (χ0v) is 11.7. The van der Waals surface area contributed by atoms with E-state index in [0.29, 0.717) is 12.3 Å². The van der Waals surface area contributed by atoms with Gasteiger partial charge in [0.05, 0.1) is 20.3 Å². The average molecular weight is 265 g/mol. The standard InChI is InChI=1S/C15H23NO3/c1-18-13-6-5-11(15(9-13)19-2)8-14(17)12-4-3-7-16-10-12/h5-6,9,12,14,16-17H,3-4,7-8,10H2,1-2H3.